The van der Waals surface area contributed by atoms with Gasteiger partial charge in [0.2, 0.25) is 0 Å². The fourth-order valence-electron chi connectivity index (χ4n) is 3.23. The molecule has 0 atom stereocenters. The molecule has 1 aliphatic heterocycles. The fourth-order valence-corrected chi connectivity index (χ4v) is 3.41. The summed E-state index contributed by atoms with van der Waals surface area (Å²) < 4.78 is 2.19. The van der Waals surface area contributed by atoms with Gasteiger partial charge < -0.3 is 9.47 Å². The standard InChI is InChI=1S/C18H22ClN3O/c1-11(2)17-20-15-10-22(8-7-16(15)21(17)4)18(23)14-9-13(19)6-5-12(14)3/h5-6,9,11H,7-8,10H2,1-4H3. The molecule has 3 rings (SSSR count). The number of aryl methyl sites for hydroxylation is 1. The zero-order valence-electron chi connectivity index (χ0n) is 14.1. The molecule has 4 nitrogen and oxygen atoms in total. The Labute approximate surface area is 142 Å². The number of hydrogen-bond donors (Lipinski definition) is 0. The number of carbonyl (C=O) groups excluding carboxylic acids is 1. The van der Waals surface area contributed by atoms with E-state index in [0.717, 1.165) is 30.0 Å². The van der Waals surface area contributed by atoms with Crippen LogP contribution < -0.4 is 0 Å². The second kappa shape index (κ2) is 6.00. The van der Waals surface area contributed by atoms with E-state index in [0.29, 0.717) is 23.0 Å². The van der Waals surface area contributed by atoms with Gasteiger partial charge in [-0.15, -0.1) is 0 Å². The quantitative estimate of drug-likeness (QED) is 0.841. The summed E-state index contributed by atoms with van der Waals surface area (Å²) >= 11 is 6.05. The highest BCUT2D eigenvalue weighted by molar-refractivity contribution is 6.31. The van der Waals surface area contributed by atoms with E-state index in [1.165, 1.54) is 5.69 Å². The first-order valence-corrected chi connectivity index (χ1v) is 8.36. The van der Waals surface area contributed by atoms with Crippen LogP contribution >= 0.6 is 11.6 Å². The van der Waals surface area contributed by atoms with Crippen LogP contribution in [-0.2, 0) is 20.0 Å². The second-order valence-electron chi connectivity index (χ2n) is 6.51. The lowest BCUT2D eigenvalue weighted by Gasteiger charge is -2.27. The second-order valence-corrected chi connectivity index (χ2v) is 6.95. The molecule has 0 bridgehead atoms. The van der Waals surface area contributed by atoms with E-state index >= 15 is 0 Å². The minimum Gasteiger partial charge on any atom is -0.334 e. The van der Waals surface area contributed by atoms with E-state index in [1.54, 1.807) is 6.07 Å². The van der Waals surface area contributed by atoms with Gasteiger partial charge in [0.15, 0.2) is 0 Å². The monoisotopic (exact) mass is 331 g/mol. The molecular formula is C18H22ClN3O. The lowest BCUT2D eigenvalue weighted by atomic mass is 10.1. The third kappa shape index (κ3) is 2.88. The van der Waals surface area contributed by atoms with Crippen molar-refractivity contribution in [1.29, 1.82) is 0 Å². The molecule has 1 aromatic carbocycles. The maximum absolute atomic E-state index is 12.8. The van der Waals surface area contributed by atoms with Crippen LogP contribution in [0.15, 0.2) is 18.2 Å². The Hall–Kier alpha value is -1.81. The molecule has 2 aromatic rings. The maximum atomic E-state index is 12.8. The Morgan fingerprint density at radius 1 is 1.35 bits per heavy atom. The van der Waals surface area contributed by atoms with Gasteiger partial charge in [0.25, 0.3) is 5.91 Å². The summed E-state index contributed by atoms with van der Waals surface area (Å²) in [5, 5.41) is 0.594. The van der Waals surface area contributed by atoms with Gasteiger partial charge in [-0.05, 0) is 24.6 Å². The SMILES string of the molecule is Cc1ccc(Cl)cc1C(=O)N1CCc2c(nc(C(C)C)n2C)C1. The number of nitrogens with zero attached hydrogens (tertiary/aromatic N) is 3. The number of rotatable bonds is 2. The van der Waals surface area contributed by atoms with Gasteiger partial charge in [-0.3, -0.25) is 4.79 Å². The van der Waals surface area contributed by atoms with Crippen LogP contribution in [0.25, 0.3) is 0 Å². The molecule has 0 spiro atoms. The number of benzene rings is 1. The first-order valence-electron chi connectivity index (χ1n) is 7.98. The maximum Gasteiger partial charge on any atom is 0.254 e. The topological polar surface area (TPSA) is 38.1 Å². The normalized spacial score (nSPS) is 14.3. The van der Waals surface area contributed by atoms with Crippen LogP contribution in [0.3, 0.4) is 0 Å². The lowest BCUT2D eigenvalue weighted by molar-refractivity contribution is 0.0730. The van der Waals surface area contributed by atoms with E-state index in [4.69, 9.17) is 16.6 Å². The summed E-state index contributed by atoms with van der Waals surface area (Å²) in [4.78, 5) is 19.5. The van der Waals surface area contributed by atoms with Crippen molar-refractivity contribution in [2.75, 3.05) is 6.54 Å². The molecule has 0 fully saturated rings. The highest BCUT2D eigenvalue weighted by atomic mass is 35.5. The number of hydrogen-bond acceptors (Lipinski definition) is 2. The van der Waals surface area contributed by atoms with Gasteiger partial charge in [0, 0.05) is 42.2 Å². The molecule has 1 amide bonds. The largest absolute Gasteiger partial charge is 0.334 e. The summed E-state index contributed by atoms with van der Waals surface area (Å²) in [7, 11) is 2.07. The van der Waals surface area contributed by atoms with Gasteiger partial charge in [-0.1, -0.05) is 31.5 Å². The van der Waals surface area contributed by atoms with Crippen molar-refractivity contribution in [3.05, 3.63) is 51.6 Å². The average Bonchev–Trinajstić information content (AvgIpc) is 2.86. The number of fused-ring (bicyclic) bond motifs is 1. The van der Waals surface area contributed by atoms with Crippen molar-refractivity contribution in [3.8, 4) is 0 Å². The molecule has 2 heterocycles. The summed E-state index contributed by atoms with van der Waals surface area (Å²) in [6, 6.07) is 5.46. The minimum atomic E-state index is 0.0346. The zero-order chi connectivity index (χ0) is 16.7. The van der Waals surface area contributed by atoms with E-state index in [9.17, 15) is 4.79 Å². The van der Waals surface area contributed by atoms with E-state index in [-0.39, 0.29) is 5.91 Å². The first-order chi connectivity index (χ1) is 10.9. The van der Waals surface area contributed by atoms with Crippen molar-refractivity contribution in [2.24, 2.45) is 7.05 Å². The number of imidazole rings is 1. The molecular weight excluding hydrogens is 310 g/mol. The van der Waals surface area contributed by atoms with Crippen molar-refractivity contribution in [1.82, 2.24) is 14.5 Å². The minimum absolute atomic E-state index is 0.0346. The van der Waals surface area contributed by atoms with E-state index in [2.05, 4.69) is 25.5 Å². The molecule has 0 unspecified atom stereocenters. The van der Waals surface area contributed by atoms with Crippen LogP contribution in [0, 0.1) is 6.92 Å². The Bertz CT molecular complexity index is 764. The molecule has 23 heavy (non-hydrogen) atoms. The lowest BCUT2D eigenvalue weighted by Crippen LogP contribution is -2.36. The molecule has 1 aromatic heterocycles. The predicted octanol–water partition coefficient (Wildman–Crippen LogP) is 3.70. The smallest absolute Gasteiger partial charge is 0.254 e. The fraction of sp³-hybridized carbons (Fsp3) is 0.444. The van der Waals surface area contributed by atoms with E-state index in [1.807, 2.05) is 24.0 Å². The van der Waals surface area contributed by atoms with Crippen LogP contribution in [0.5, 0.6) is 0 Å². The molecule has 0 saturated carbocycles. The number of carbonyl (C=O) groups is 1. The molecule has 0 radical (unpaired) electrons. The molecule has 5 heteroatoms. The van der Waals surface area contributed by atoms with Gasteiger partial charge >= 0.3 is 0 Å². The van der Waals surface area contributed by atoms with Crippen molar-refractivity contribution in [2.45, 2.75) is 39.7 Å². The van der Waals surface area contributed by atoms with Crippen LogP contribution in [0.2, 0.25) is 5.02 Å². The molecule has 1 aliphatic rings. The summed E-state index contributed by atoms with van der Waals surface area (Å²) in [5.74, 6) is 1.50. The van der Waals surface area contributed by atoms with Crippen molar-refractivity contribution >= 4 is 17.5 Å². The Morgan fingerprint density at radius 2 is 2.09 bits per heavy atom. The number of halogens is 1. The van der Waals surface area contributed by atoms with E-state index < -0.39 is 0 Å². The third-order valence-corrected chi connectivity index (χ3v) is 4.76. The highest BCUT2D eigenvalue weighted by Crippen LogP contribution is 2.25. The Morgan fingerprint density at radius 3 is 2.78 bits per heavy atom. The summed E-state index contributed by atoms with van der Waals surface area (Å²) in [6.45, 7) is 7.52. The van der Waals surface area contributed by atoms with Crippen LogP contribution in [0.4, 0.5) is 0 Å². The van der Waals surface area contributed by atoms with Gasteiger partial charge in [-0.25, -0.2) is 4.98 Å². The summed E-state index contributed by atoms with van der Waals surface area (Å²) in [5.41, 5.74) is 3.91. The highest BCUT2D eigenvalue weighted by Gasteiger charge is 2.27. The first kappa shape index (κ1) is 16.1. The molecule has 0 N–H and O–H groups in total. The number of aromatic nitrogens is 2. The predicted molar refractivity (Wildman–Crippen MR) is 91.9 cm³/mol. The van der Waals surface area contributed by atoms with Crippen LogP contribution in [0.1, 0.15) is 52.9 Å². The summed E-state index contributed by atoms with van der Waals surface area (Å²) in [6.07, 6.45) is 0.844. The molecule has 122 valence electrons. The van der Waals surface area contributed by atoms with Gasteiger partial charge in [0.1, 0.15) is 5.82 Å². The number of amides is 1. The van der Waals surface area contributed by atoms with Crippen molar-refractivity contribution < 1.29 is 4.79 Å². The Balaban J connectivity index is 1.88. The molecule has 0 saturated heterocycles. The van der Waals surface area contributed by atoms with Gasteiger partial charge in [0.05, 0.1) is 12.2 Å². The Kier molecular flexibility index (Phi) is 4.19. The van der Waals surface area contributed by atoms with Gasteiger partial charge in [-0.2, -0.15) is 0 Å². The third-order valence-electron chi connectivity index (χ3n) is 4.52. The molecule has 0 aliphatic carbocycles. The zero-order valence-corrected chi connectivity index (χ0v) is 14.8. The average molecular weight is 332 g/mol. The van der Waals surface area contributed by atoms with Crippen LogP contribution in [-0.4, -0.2) is 26.9 Å². The van der Waals surface area contributed by atoms with Crippen molar-refractivity contribution in [3.63, 3.8) is 0 Å².